The molecule has 3 aromatic carbocycles. The quantitative estimate of drug-likeness (QED) is 0.0839. The number of carbonyl (C=O) groups excluding carboxylic acids is 1. The van der Waals surface area contributed by atoms with E-state index >= 15 is 0 Å². The number of carbonyl (C=O) groups is 1. The van der Waals surface area contributed by atoms with E-state index in [9.17, 15) is 14.9 Å². The number of hydrogen-bond acceptors (Lipinski definition) is 7. The average Bonchev–Trinajstić information content (AvgIpc) is 3.41. The Morgan fingerprint density at radius 3 is 2.48 bits per heavy atom. The lowest BCUT2D eigenvalue weighted by Gasteiger charge is -2.16. The number of nitro benzene ring substituents is 1. The highest BCUT2D eigenvalue weighted by molar-refractivity contribution is 7.98. The highest BCUT2D eigenvalue weighted by Crippen LogP contribution is 2.29. The fourth-order valence-electron chi connectivity index (χ4n) is 4.28. The molecule has 0 aliphatic rings. The van der Waals surface area contributed by atoms with Gasteiger partial charge in [0.1, 0.15) is 5.75 Å². The molecule has 4 rings (SSSR count). The Labute approximate surface area is 238 Å². The molecule has 1 heterocycles. The van der Waals surface area contributed by atoms with E-state index in [1.54, 1.807) is 19.2 Å². The van der Waals surface area contributed by atoms with E-state index in [1.165, 1.54) is 42.3 Å². The van der Waals surface area contributed by atoms with Crippen LogP contribution in [0.15, 0.2) is 78.0 Å². The minimum atomic E-state index is -0.481. The largest absolute Gasteiger partial charge is 0.497 e. The number of amides is 1. The Bertz CT molecular complexity index is 1440. The maximum atomic E-state index is 13.1. The van der Waals surface area contributed by atoms with Gasteiger partial charge >= 0.3 is 0 Å². The molecule has 9 nitrogen and oxygen atoms in total. The van der Waals surface area contributed by atoms with Gasteiger partial charge in [0.05, 0.1) is 18.1 Å². The van der Waals surface area contributed by atoms with E-state index in [4.69, 9.17) is 4.74 Å². The predicted molar refractivity (Wildman–Crippen MR) is 156 cm³/mol. The van der Waals surface area contributed by atoms with Crippen LogP contribution in [0.4, 0.5) is 5.69 Å². The number of aromatic nitrogens is 3. The zero-order valence-corrected chi connectivity index (χ0v) is 23.7. The molecule has 4 aromatic rings. The third kappa shape index (κ3) is 7.26. The van der Waals surface area contributed by atoms with Crippen molar-refractivity contribution in [1.29, 1.82) is 0 Å². The van der Waals surface area contributed by atoms with Crippen LogP contribution in [0.3, 0.4) is 0 Å². The summed E-state index contributed by atoms with van der Waals surface area (Å²) in [5.41, 5.74) is 3.48. The molecule has 0 saturated heterocycles. The number of benzene rings is 3. The number of hydrogen-bond donors (Lipinski definition) is 1. The van der Waals surface area contributed by atoms with E-state index in [0.717, 1.165) is 24.2 Å². The van der Waals surface area contributed by atoms with Gasteiger partial charge < -0.3 is 10.1 Å². The Morgan fingerprint density at radius 1 is 1.05 bits per heavy atom. The van der Waals surface area contributed by atoms with Crippen LogP contribution in [0.2, 0.25) is 0 Å². The van der Waals surface area contributed by atoms with Crippen molar-refractivity contribution < 1.29 is 14.5 Å². The van der Waals surface area contributed by atoms with Gasteiger partial charge in [-0.25, -0.2) is 0 Å². The maximum Gasteiger partial charge on any atom is 0.269 e. The molecule has 0 fully saturated rings. The third-order valence-electron chi connectivity index (χ3n) is 6.50. The molecular weight excluding hydrogens is 526 g/mol. The predicted octanol–water partition coefficient (Wildman–Crippen LogP) is 6.70. The Hall–Kier alpha value is -4.18. The van der Waals surface area contributed by atoms with Crippen LogP contribution in [0, 0.1) is 10.1 Å². The number of nitrogens with one attached hydrogen (secondary N) is 1. The highest BCUT2D eigenvalue weighted by atomic mass is 32.2. The second-order valence-electron chi connectivity index (χ2n) is 9.44. The minimum absolute atomic E-state index is 0.0107. The fourth-order valence-corrected chi connectivity index (χ4v) is 5.18. The zero-order chi connectivity index (χ0) is 28.5. The molecule has 1 unspecified atom stereocenters. The lowest BCUT2D eigenvalue weighted by Crippen LogP contribution is -2.28. The van der Waals surface area contributed by atoms with E-state index in [1.807, 2.05) is 60.0 Å². The van der Waals surface area contributed by atoms with Crippen molar-refractivity contribution in [2.24, 2.45) is 0 Å². The molecule has 1 atom stereocenters. The van der Waals surface area contributed by atoms with Crippen LogP contribution in [-0.2, 0) is 12.2 Å². The van der Waals surface area contributed by atoms with Gasteiger partial charge in [0, 0.05) is 29.1 Å². The average molecular weight is 560 g/mol. The van der Waals surface area contributed by atoms with Crippen LogP contribution in [0.1, 0.15) is 66.5 Å². The summed E-state index contributed by atoms with van der Waals surface area (Å²) in [6, 6.07) is 21.2. The van der Waals surface area contributed by atoms with Gasteiger partial charge in [-0.3, -0.25) is 19.5 Å². The van der Waals surface area contributed by atoms with Crippen molar-refractivity contribution in [2.45, 2.75) is 56.5 Å². The summed E-state index contributed by atoms with van der Waals surface area (Å²) in [7, 11) is 1.63. The van der Waals surface area contributed by atoms with Gasteiger partial charge in [-0.15, -0.1) is 10.2 Å². The maximum absolute atomic E-state index is 13.1. The molecule has 0 radical (unpaired) electrons. The number of nitrogens with zero attached hydrogens (tertiary/aromatic N) is 4. The number of unbranched alkanes of at least 4 members (excludes halogenated alkanes) is 2. The van der Waals surface area contributed by atoms with Crippen LogP contribution < -0.4 is 10.1 Å². The molecule has 208 valence electrons. The van der Waals surface area contributed by atoms with Crippen molar-refractivity contribution in [1.82, 2.24) is 20.1 Å². The summed E-state index contributed by atoms with van der Waals surface area (Å²) in [4.78, 5) is 23.9. The van der Waals surface area contributed by atoms with Crippen molar-refractivity contribution >= 4 is 23.4 Å². The van der Waals surface area contributed by atoms with Crippen molar-refractivity contribution in [2.75, 3.05) is 7.11 Å². The molecule has 0 aliphatic heterocycles. The normalized spacial score (nSPS) is 11.7. The Kier molecular flexibility index (Phi) is 9.91. The number of ether oxygens (including phenoxy) is 1. The first-order valence-corrected chi connectivity index (χ1v) is 14.2. The summed E-state index contributed by atoms with van der Waals surface area (Å²) in [6.45, 7) is 4.03. The number of non-ortho nitro benzene ring substituents is 1. The van der Waals surface area contributed by atoms with Gasteiger partial charge in [-0.05, 0) is 67.3 Å². The summed E-state index contributed by atoms with van der Waals surface area (Å²) in [5.74, 6) is 1.68. The van der Waals surface area contributed by atoms with Crippen LogP contribution in [0.5, 0.6) is 5.75 Å². The molecule has 1 amide bonds. The Morgan fingerprint density at radius 2 is 1.80 bits per heavy atom. The first kappa shape index (κ1) is 28.8. The molecule has 0 bridgehead atoms. The zero-order valence-electron chi connectivity index (χ0n) is 22.9. The van der Waals surface area contributed by atoms with Gasteiger partial charge in [-0.2, -0.15) is 0 Å². The van der Waals surface area contributed by atoms with E-state index < -0.39 is 11.0 Å². The van der Waals surface area contributed by atoms with Gasteiger partial charge in [0.15, 0.2) is 11.0 Å². The number of aryl methyl sites for hydroxylation is 1. The summed E-state index contributed by atoms with van der Waals surface area (Å²) in [6.07, 6.45) is 4.50. The first-order valence-electron chi connectivity index (χ1n) is 13.2. The molecular formula is C30H33N5O4S. The second-order valence-corrected chi connectivity index (χ2v) is 10.4. The smallest absolute Gasteiger partial charge is 0.269 e. The topological polar surface area (TPSA) is 112 Å². The van der Waals surface area contributed by atoms with E-state index in [2.05, 4.69) is 22.4 Å². The van der Waals surface area contributed by atoms with E-state index in [-0.39, 0.29) is 11.6 Å². The molecule has 0 saturated carbocycles. The second kappa shape index (κ2) is 13.7. The molecule has 0 aliphatic carbocycles. The SMILES string of the molecule is CCCCCc1ccc(C(=O)NC(C)c2nnc(SCc3cccc(OC)c3)n2-c2ccc([N+](=O)[O-])cc2)cc1. The molecule has 0 spiro atoms. The fraction of sp³-hybridized carbons (Fsp3) is 0.300. The van der Waals surface area contributed by atoms with Crippen LogP contribution in [0.25, 0.3) is 5.69 Å². The van der Waals surface area contributed by atoms with E-state index in [0.29, 0.717) is 28.0 Å². The summed E-state index contributed by atoms with van der Waals surface area (Å²) in [5, 5.41) is 23.7. The highest BCUT2D eigenvalue weighted by Gasteiger charge is 2.22. The van der Waals surface area contributed by atoms with Gasteiger partial charge in [0.25, 0.3) is 11.6 Å². The standard InChI is InChI=1S/C30H33N5O4S/c1-4-5-6-8-22-11-13-24(14-12-22)29(36)31-21(2)28-32-33-30(40-20-23-9-7-10-27(19-23)39-3)34(28)25-15-17-26(18-16-25)35(37)38/h7,9-19,21H,4-6,8,20H2,1-3H3,(H,31,36). The number of rotatable bonds is 13. The lowest BCUT2D eigenvalue weighted by atomic mass is 10.0. The minimum Gasteiger partial charge on any atom is -0.497 e. The molecule has 40 heavy (non-hydrogen) atoms. The van der Waals surface area contributed by atoms with Crippen molar-refractivity contribution in [3.63, 3.8) is 0 Å². The summed E-state index contributed by atoms with van der Waals surface area (Å²) >= 11 is 1.47. The monoisotopic (exact) mass is 559 g/mol. The van der Waals surface area contributed by atoms with Crippen LogP contribution >= 0.6 is 11.8 Å². The Balaban J connectivity index is 1.56. The van der Waals surface area contributed by atoms with Crippen LogP contribution in [-0.4, -0.2) is 32.7 Å². The van der Waals surface area contributed by atoms with Gasteiger partial charge in [-0.1, -0.05) is 55.8 Å². The number of thioether (sulfide) groups is 1. The lowest BCUT2D eigenvalue weighted by molar-refractivity contribution is -0.384. The molecule has 10 heteroatoms. The third-order valence-corrected chi connectivity index (χ3v) is 7.50. The first-order chi connectivity index (χ1) is 19.4. The van der Waals surface area contributed by atoms with Crippen molar-refractivity contribution in [3.8, 4) is 11.4 Å². The molecule has 1 N–H and O–H groups in total. The van der Waals surface area contributed by atoms with Crippen molar-refractivity contribution in [3.05, 3.63) is 105 Å². The number of nitro groups is 1. The van der Waals surface area contributed by atoms with Gasteiger partial charge in [0.2, 0.25) is 0 Å². The summed E-state index contributed by atoms with van der Waals surface area (Å²) < 4.78 is 7.16. The molecule has 1 aromatic heterocycles. The number of methoxy groups -OCH3 is 1.